The van der Waals surface area contributed by atoms with E-state index in [9.17, 15) is 9.18 Å². The quantitative estimate of drug-likeness (QED) is 0.766. The smallest absolute Gasteiger partial charge is 0.254 e. The molecule has 0 unspecified atom stereocenters. The number of fused-ring (bicyclic) bond motifs is 1. The van der Waals surface area contributed by atoms with Crippen LogP contribution in [0.15, 0.2) is 36.4 Å². The molecule has 21 heavy (non-hydrogen) atoms. The number of carbonyl (C=O) groups is 1. The molecule has 2 aromatic rings. The molecule has 0 saturated heterocycles. The lowest BCUT2D eigenvalue weighted by atomic mass is 10.0. The fraction of sp³-hybridized carbons (Fsp3) is 0.312. The van der Waals surface area contributed by atoms with Crippen molar-refractivity contribution in [3.63, 3.8) is 0 Å². The van der Waals surface area contributed by atoms with Gasteiger partial charge in [0, 0.05) is 37.0 Å². The highest BCUT2D eigenvalue weighted by Gasteiger charge is 2.18. The van der Waals surface area contributed by atoms with Crippen molar-refractivity contribution in [3.8, 4) is 0 Å². The first-order chi connectivity index (χ1) is 10.2. The lowest BCUT2D eigenvalue weighted by Crippen LogP contribution is -2.35. The largest absolute Gasteiger partial charge is 0.383 e. The van der Waals surface area contributed by atoms with Crippen LogP contribution >= 0.6 is 11.6 Å². The normalized spacial score (nSPS) is 10.8. The number of hydrogen-bond acceptors (Lipinski definition) is 2. The highest BCUT2D eigenvalue weighted by atomic mass is 35.5. The monoisotopic (exact) mass is 309 g/mol. The zero-order chi connectivity index (χ0) is 15.2. The maximum Gasteiger partial charge on any atom is 0.254 e. The number of nitrogens with zero attached hydrogens (tertiary/aromatic N) is 1. The van der Waals surface area contributed by atoms with E-state index in [0.29, 0.717) is 41.9 Å². The summed E-state index contributed by atoms with van der Waals surface area (Å²) in [7, 11) is 1.58. The molecule has 112 valence electrons. The number of methoxy groups -OCH3 is 1. The van der Waals surface area contributed by atoms with Crippen LogP contribution < -0.4 is 0 Å². The van der Waals surface area contributed by atoms with E-state index >= 15 is 0 Å². The van der Waals surface area contributed by atoms with E-state index in [1.165, 1.54) is 12.1 Å². The summed E-state index contributed by atoms with van der Waals surface area (Å²) in [5.41, 5.74) is 0.480. The maximum absolute atomic E-state index is 13.8. The molecule has 1 amide bonds. The highest BCUT2D eigenvalue weighted by Crippen LogP contribution is 2.23. The molecular weight excluding hydrogens is 293 g/mol. The van der Waals surface area contributed by atoms with Crippen molar-refractivity contribution in [1.82, 2.24) is 4.90 Å². The molecule has 3 nitrogen and oxygen atoms in total. The minimum atomic E-state index is -0.331. The van der Waals surface area contributed by atoms with Gasteiger partial charge in [-0.15, -0.1) is 11.6 Å². The van der Waals surface area contributed by atoms with Crippen LogP contribution in [0.2, 0.25) is 0 Å². The molecule has 0 atom stereocenters. The summed E-state index contributed by atoms with van der Waals surface area (Å²) in [6, 6.07) is 9.81. The Balaban J connectivity index is 2.39. The lowest BCUT2D eigenvalue weighted by Gasteiger charge is -2.22. The summed E-state index contributed by atoms with van der Waals surface area (Å²) in [6.07, 6.45) is 0. The SMILES string of the molecule is COCCN(CCCl)C(=O)c1ccc(F)c2ccccc12. The fourth-order valence-electron chi connectivity index (χ4n) is 2.24. The van der Waals surface area contributed by atoms with Gasteiger partial charge in [-0.3, -0.25) is 4.79 Å². The zero-order valence-corrected chi connectivity index (χ0v) is 12.6. The number of halogens is 2. The molecule has 0 aliphatic heterocycles. The zero-order valence-electron chi connectivity index (χ0n) is 11.8. The lowest BCUT2D eigenvalue weighted by molar-refractivity contribution is 0.0709. The van der Waals surface area contributed by atoms with Crippen LogP contribution in [0.5, 0.6) is 0 Å². The van der Waals surface area contributed by atoms with Gasteiger partial charge in [-0.25, -0.2) is 4.39 Å². The average molecular weight is 310 g/mol. The van der Waals surface area contributed by atoms with Crippen molar-refractivity contribution in [2.75, 3.05) is 32.7 Å². The molecule has 0 N–H and O–H groups in total. The topological polar surface area (TPSA) is 29.5 Å². The average Bonchev–Trinajstić information content (AvgIpc) is 2.51. The van der Waals surface area contributed by atoms with Gasteiger partial charge in [0.15, 0.2) is 0 Å². The van der Waals surface area contributed by atoms with Crippen LogP contribution in [0.3, 0.4) is 0 Å². The number of alkyl halides is 1. The molecule has 2 aromatic carbocycles. The van der Waals surface area contributed by atoms with Gasteiger partial charge in [0.25, 0.3) is 5.91 Å². The Morgan fingerprint density at radius 3 is 2.57 bits per heavy atom. The van der Waals surface area contributed by atoms with Crippen molar-refractivity contribution in [2.24, 2.45) is 0 Å². The first-order valence-electron chi connectivity index (χ1n) is 6.70. The Morgan fingerprint density at radius 1 is 1.19 bits per heavy atom. The van der Waals surface area contributed by atoms with Crippen molar-refractivity contribution >= 4 is 28.3 Å². The van der Waals surface area contributed by atoms with Gasteiger partial charge in [0.1, 0.15) is 5.82 Å². The Morgan fingerprint density at radius 2 is 1.90 bits per heavy atom. The Kier molecular flexibility index (Phi) is 5.53. The van der Waals surface area contributed by atoms with E-state index in [2.05, 4.69) is 0 Å². The van der Waals surface area contributed by atoms with Gasteiger partial charge in [0.05, 0.1) is 6.61 Å². The summed E-state index contributed by atoms with van der Waals surface area (Å²) in [4.78, 5) is 14.3. The van der Waals surface area contributed by atoms with Gasteiger partial charge >= 0.3 is 0 Å². The Labute approximate surface area is 128 Å². The van der Waals surface area contributed by atoms with E-state index in [1.54, 1.807) is 36.3 Å². The number of rotatable bonds is 6. The second kappa shape index (κ2) is 7.38. The molecular formula is C16H17ClFNO2. The predicted molar refractivity (Wildman–Crippen MR) is 82.4 cm³/mol. The first-order valence-corrected chi connectivity index (χ1v) is 7.24. The molecule has 0 heterocycles. The third-order valence-electron chi connectivity index (χ3n) is 3.31. The van der Waals surface area contributed by atoms with Gasteiger partial charge in [0.2, 0.25) is 0 Å². The number of amides is 1. The molecule has 5 heteroatoms. The van der Waals surface area contributed by atoms with Crippen LogP contribution in [0.25, 0.3) is 10.8 Å². The summed E-state index contributed by atoms with van der Waals surface area (Å²) in [5, 5.41) is 1.06. The second-order valence-electron chi connectivity index (χ2n) is 4.61. The van der Waals surface area contributed by atoms with Crippen molar-refractivity contribution < 1.29 is 13.9 Å². The van der Waals surface area contributed by atoms with E-state index < -0.39 is 0 Å². The molecule has 0 spiro atoms. The summed E-state index contributed by atoms with van der Waals surface area (Å²) < 4.78 is 18.8. The van der Waals surface area contributed by atoms with Crippen LogP contribution in [0, 0.1) is 5.82 Å². The van der Waals surface area contributed by atoms with Gasteiger partial charge in [-0.05, 0) is 17.5 Å². The second-order valence-corrected chi connectivity index (χ2v) is 4.99. The van der Waals surface area contributed by atoms with E-state index in [0.717, 1.165) is 0 Å². The number of hydrogen-bond donors (Lipinski definition) is 0. The molecule has 0 radical (unpaired) electrons. The van der Waals surface area contributed by atoms with E-state index in [-0.39, 0.29) is 11.7 Å². The Hall–Kier alpha value is -1.65. The predicted octanol–water partition coefficient (Wildman–Crippen LogP) is 3.31. The molecule has 0 aromatic heterocycles. The minimum absolute atomic E-state index is 0.163. The molecule has 0 bridgehead atoms. The third kappa shape index (κ3) is 3.52. The van der Waals surface area contributed by atoms with Gasteiger partial charge in [-0.1, -0.05) is 24.3 Å². The molecule has 2 rings (SSSR count). The molecule has 0 fully saturated rings. The third-order valence-corrected chi connectivity index (χ3v) is 3.48. The van der Waals surface area contributed by atoms with Gasteiger partial charge in [-0.2, -0.15) is 0 Å². The fourth-order valence-corrected chi connectivity index (χ4v) is 2.44. The van der Waals surface area contributed by atoms with Crippen molar-refractivity contribution in [1.29, 1.82) is 0 Å². The summed E-state index contributed by atoms with van der Waals surface area (Å²) >= 11 is 5.76. The van der Waals surface area contributed by atoms with Crippen LogP contribution in [-0.2, 0) is 4.74 Å². The van der Waals surface area contributed by atoms with E-state index in [1.807, 2.05) is 0 Å². The number of ether oxygens (including phenoxy) is 1. The molecule has 0 aliphatic carbocycles. The minimum Gasteiger partial charge on any atom is -0.383 e. The van der Waals surface area contributed by atoms with Crippen molar-refractivity contribution in [3.05, 3.63) is 47.8 Å². The standard InChI is InChI=1S/C16H17ClFNO2/c1-21-11-10-19(9-8-17)16(20)14-6-7-15(18)13-5-3-2-4-12(13)14/h2-7H,8-11H2,1H3. The van der Waals surface area contributed by atoms with Crippen LogP contribution in [0.4, 0.5) is 4.39 Å². The number of benzene rings is 2. The maximum atomic E-state index is 13.8. The van der Waals surface area contributed by atoms with Crippen LogP contribution in [0.1, 0.15) is 10.4 Å². The van der Waals surface area contributed by atoms with Crippen molar-refractivity contribution in [2.45, 2.75) is 0 Å². The highest BCUT2D eigenvalue weighted by molar-refractivity contribution is 6.18. The van der Waals surface area contributed by atoms with Gasteiger partial charge < -0.3 is 9.64 Å². The Bertz CT molecular complexity index is 633. The number of carbonyl (C=O) groups excluding carboxylic acids is 1. The molecule has 0 aliphatic rings. The summed E-state index contributed by atoms with van der Waals surface area (Å²) in [6.45, 7) is 1.31. The van der Waals surface area contributed by atoms with E-state index in [4.69, 9.17) is 16.3 Å². The van der Waals surface area contributed by atoms with Crippen LogP contribution in [-0.4, -0.2) is 43.5 Å². The first kappa shape index (κ1) is 15.7. The summed E-state index contributed by atoms with van der Waals surface area (Å²) in [5.74, 6) is -0.152. The molecule has 0 saturated carbocycles.